The van der Waals surface area contributed by atoms with Crippen LogP contribution in [0.3, 0.4) is 0 Å². The lowest BCUT2D eigenvalue weighted by Gasteiger charge is -2.20. The minimum absolute atomic E-state index is 0.0505. The fourth-order valence-corrected chi connectivity index (χ4v) is 2.92. The molecule has 3 rings (SSSR count). The molecule has 2 aliphatic rings. The maximum Gasteiger partial charge on any atom is 0.237 e. The van der Waals surface area contributed by atoms with Crippen LogP contribution < -0.4 is 10.6 Å². The Kier molecular flexibility index (Phi) is 3.28. The van der Waals surface area contributed by atoms with Gasteiger partial charge in [-0.05, 0) is 43.7 Å². The molecule has 1 saturated heterocycles. The molecule has 2 heterocycles. The van der Waals surface area contributed by atoms with Crippen LogP contribution in [-0.4, -0.2) is 23.5 Å². The molecule has 2 unspecified atom stereocenters. The minimum atomic E-state index is -0.0505. The van der Waals surface area contributed by atoms with Gasteiger partial charge < -0.3 is 5.32 Å². The molecule has 0 radical (unpaired) electrons. The number of carbonyl (C=O) groups excluding carboxylic acids is 1. The average Bonchev–Trinajstić information content (AvgIpc) is 2.69. The molecule has 1 aliphatic heterocycles. The van der Waals surface area contributed by atoms with E-state index < -0.39 is 0 Å². The van der Waals surface area contributed by atoms with E-state index in [1.807, 2.05) is 12.3 Å². The summed E-state index contributed by atoms with van der Waals surface area (Å²) in [5, 5.41) is 6.46. The van der Waals surface area contributed by atoms with E-state index in [0.29, 0.717) is 0 Å². The van der Waals surface area contributed by atoms with E-state index in [4.69, 9.17) is 0 Å². The first-order chi connectivity index (χ1) is 8.84. The Bertz CT molecular complexity index is 446. The highest BCUT2D eigenvalue weighted by Crippen LogP contribution is 2.29. The van der Waals surface area contributed by atoms with Gasteiger partial charge in [-0.15, -0.1) is 0 Å². The predicted molar refractivity (Wildman–Crippen MR) is 69.1 cm³/mol. The molecule has 4 nitrogen and oxygen atoms in total. The number of rotatable bonds is 2. The third-order valence-electron chi connectivity index (χ3n) is 3.90. The lowest BCUT2D eigenvalue weighted by atomic mass is 10.1. The van der Waals surface area contributed by atoms with Gasteiger partial charge in [-0.3, -0.25) is 15.1 Å². The van der Waals surface area contributed by atoms with Crippen LogP contribution in [-0.2, 0) is 11.2 Å². The molecule has 2 atom stereocenters. The molecule has 0 bridgehead atoms. The van der Waals surface area contributed by atoms with Crippen LogP contribution >= 0.6 is 0 Å². The van der Waals surface area contributed by atoms with Gasteiger partial charge in [0.15, 0.2) is 0 Å². The third-order valence-corrected chi connectivity index (χ3v) is 3.90. The summed E-state index contributed by atoms with van der Waals surface area (Å²) in [5.41, 5.74) is 2.46. The summed E-state index contributed by atoms with van der Waals surface area (Å²) >= 11 is 0. The van der Waals surface area contributed by atoms with Crippen LogP contribution in [0.5, 0.6) is 0 Å². The van der Waals surface area contributed by atoms with E-state index in [-0.39, 0.29) is 18.0 Å². The molecule has 2 N–H and O–H groups in total. The number of amides is 1. The van der Waals surface area contributed by atoms with Crippen molar-refractivity contribution in [2.24, 2.45) is 0 Å². The number of hydrogen-bond acceptors (Lipinski definition) is 3. The normalized spacial score (nSPS) is 27.4. The highest BCUT2D eigenvalue weighted by atomic mass is 16.2. The van der Waals surface area contributed by atoms with Crippen molar-refractivity contribution in [3.05, 3.63) is 29.6 Å². The van der Waals surface area contributed by atoms with Gasteiger partial charge in [0, 0.05) is 12.7 Å². The quantitative estimate of drug-likeness (QED) is 0.826. The number of aryl methyl sites for hydroxylation is 1. The van der Waals surface area contributed by atoms with Crippen molar-refractivity contribution >= 4 is 5.91 Å². The zero-order valence-electron chi connectivity index (χ0n) is 10.5. The molecule has 1 aromatic rings. The lowest BCUT2D eigenvalue weighted by Crippen LogP contribution is -2.44. The van der Waals surface area contributed by atoms with Crippen molar-refractivity contribution in [2.75, 3.05) is 6.54 Å². The Labute approximate surface area is 107 Å². The van der Waals surface area contributed by atoms with E-state index in [0.717, 1.165) is 44.3 Å². The molecular weight excluding hydrogens is 226 g/mol. The van der Waals surface area contributed by atoms with Gasteiger partial charge in [0.1, 0.15) is 0 Å². The Morgan fingerprint density at radius 2 is 2.22 bits per heavy atom. The van der Waals surface area contributed by atoms with Crippen LogP contribution in [0.4, 0.5) is 0 Å². The van der Waals surface area contributed by atoms with Crippen molar-refractivity contribution in [1.82, 2.24) is 15.6 Å². The van der Waals surface area contributed by atoms with Crippen molar-refractivity contribution < 1.29 is 4.79 Å². The molecule has 18 heavy (non-hydrogen) atoms. The fraction of sp³-hybridized carbons (Fsp3) is 0.571. The largest absolute Gasteiger partial charge is 0.355 e. The Hall–Kier alpha value is -1.42. The van der Waals surface area contributed by atoms with E-state index in [9.17, 15) is 4.79 Å². The summed E-state index contributed by atoms with van der Waals surface area (Å²) in [5.74, 6) is 0.150. The predicted octanol–water partition coefficient (Wildman–Crippen LogP) is 1.33. The van der Waals surface area contributed by atoms with Gasteiger partial charge in [0.25, 0.3) is 0 Å². The summed E-state index contributed by atoms with van der Waals surface area (Å²) in [6.45, 7) is 0.816. The summed E-state index contributed by atoms with van der Waals surface area (Å²) < 4.78 is 0. The first kappa shape index (κ1) is 11.7. The number of hydrogen-bond donors (Lipinski definition) is 2. The van der Waals surface area contributed by atoms with Crippen LogP contribution in [0.2, 0.25) is 0 Å². The molecule has 0 saturated carbocycles. The summed E-state index contributed by atoms with van der Waals surface area (Å²) in [6.07, 6.45) is 7.09. The second-order valence-electron chi connectivity index (χ2n) is 5.15. The van der Waals surface area contributed by atoms with Gasteiger partial charge in [-0.2, -0.15) is 0 Å². The number of nitrogens with one attached hydrogen (secondary N) is 2. The summed E-state index contributed by atoms with van der Waals surface area (Å²) in [4.78, 5) is 16.4. The molecule has 1 fully saturated rings. The number of pyridine rings is 1. The Balaban J connectivity index is 1.72. The summed E-state index contributed by atoms with van der Waals surface area (Å²) in [6, 6.07) is 4.32. The second-order valence-corrected chi connectivity index (χ2v) is 5.15. The maximum absolute atomic E-state index is 11.9. The van der Waals surface area contributed by atoms with E-state index in [1.54, 1.807) is 0 Å². The summed E-state index contributed by atoms with van der Waals surface area (Å²) in [7, 11) is 0. The van der Waals surface area contributed by atoms with E-state index in [2.05, 4.69) is 21.7 Å². The van der Waals surface area contributed by atoms with E-state index >= 15 is 0 Å². The number of nitrogens with zero attached hydrogens (tertiary/aromatic N) is 1. The van der Waals surface area contributed by atoms with E-state index in [1.165, 1.54) is 5.56 Å². The highest BCUT2D eigenvalue weighted by molar-refractivity contribution is 5.82. The van der Waals surface area contributed by atoms with Crippen LogP contribution in [0, 0.1) is 0 Å². The number of aromatic nitrogens is 1. The zero-order chi connectivity index (χ0) is 12.4. The molecule has 1 aliphatic carbocycles. The van der Waals surface area contributed by atoms with Gasteiger partial charge in [-0.1, -0.05) is 6.07 Å². The van der Waals surface area contributed by atoms with Gasteiger partial charge in [0.2, 0.25) is 5.91 Å². The van der Waals surface area contributed by atoms with Crippen molar-refractivity contribution in [1.29, 1.82) is 0 Å². The third kappa shape index (κ3) is 2.25. The van der Waals surface area contributed by atoms with Gasteiger partial charge in [-0.25, -0.2) is 0 Å². The first-order valence-electron chi connectivity index (χ1n) is 6.82. The maximum atomic E-state index is 11.9. The molecule has 1 amide bonds. The SMILES string of the molecule is O=C1NCCCCC1NC1CCc2cccnc21. The smallest absolute Gasteiger partial charge is 0.237 e. The molecule has 0 spiro atoms. The van der Waals surface area contributed by atoms with Crippen molar-refractivity contribution in [3.63, 3.8) is 0 Å². The van der Waals surface area contributed by atoms with Crippen LogP contribution in [0.25, 0.3) is 0 Å². The Morgan fingerprint density at radius 1 is 1.28 bits per heavy atom. The lowest BCUT2D eigenvalue weighted by molar-refractivity contribution is -0.123. The number of carbonyl (C=O) groups is 1. The fourth-order valence-electron chi connectivity index (χ4n) is 2.92. The van der Waals surface area contributed by atoms with Gasteiger partial charge in [0.05, 0.1) is 17.8 Å². The molecule has 1 aromatic heterocycles. The Morgan fingerprint density at radius 3 is 3.17 bits per heavy atom. The topological polar surface area (TPSA) is 54.0 Å². The molecule has 96 valence electrons. The van der Waals surface area contributed by atoms with Gasteiger partial charge >= 0.3 is 0 Å². The minimum Gasteiger partial charge on any atom is -0.355 e. The monoisotopic (exact) mass is 245 g/mol. The molecule has 4 heteroatoms. The standard InChI is InChI=1S/C14H19N3O/c18-14-12(5-1-2-8-16-14)17-11-7-6-10-4-3-9-15-13(10)11/h3-4,9,11-12,17H,1-2,5-8H2,(H,16,18). The molecular formula is C14H19N3O. The van der Waals surface area contributed by atoms with Crippen molar-refractivity contribution in [3.8, 4) is 0 Å². The van der Waals surface area contributed by atoms with Crippen LogP contribution in [0.15, 0.2) is 18.3 Å². The molecule has 0 aromatic carbocycles. The number of fused-ring (bicyclic) bond motifs is 1. The average molecular weight is 245 g/mol. The first-order valence-corrected chi connectivity index (χ1v) is 6.82. The van der Waals surface area contributed by atoms with Crippen LogP contribution in [0.1, 0.15) is 43.0 Å². The highest BCUT2D eigenvalue weighted by Gasteiger charge is 2.29. The second kappa shape index (κ2) is 5.06. The zero-order valence-corrected chi connectivity index (χ0v) is 10.5. The van der Waals surface area contributed by atoms with Crippen molar-refractivity contribution in [2.45, 2.75) is 44.2 Å².